The van der Waals surface area contributed by atoms with Crippen LogP contribution in [0.2, 0.25) is 0 Å². The van der Waals surface area contributed by atoms with Gasteiger partial charge in [-0.3, -0.25) is 9.52 Å². The van der Waals surface area contributed by atoms with Gasteiger partial charge in [0.1, 0.15) is 12.3 Å². The first-order chi connectivity index (χ1) is 12.6. The molecule has 6 nitrogen and oxygen atoms in total. The summed E-state index contributed by atoms with van der Waals surface area (Å²) in [6.45, 7) is 0.635. The zero-order chi connectivity index (χ0) is 20.1. The number of para-hydroxylation sites is 2. The molecule has 0 fully saturated rings. The predicted octanol–water partition coefficient (Wildman–Crippen LogP) is 3.18. The minimum Gasteiger partial charge on any atom is -0.492 e. The van der Waals surface area contributed by atoms with Crippen LogP contribution < -0.4 is 14.8 Å². The second kappa shape index (κ2) is 8.30. The molecular formula is C17H17F3N2O4S. The Kier molecular flexibility index (Phi) is 6.32. The van der Waals surface area contributed by atoms with Crippen LogP contribution in [0.3, 0.4) is 0 Å². The number of carbonyl (C=O) groups is 1. The second-order valence-corrected chi connectivity index (χ2v) is 7.04. The monoisotopic (exact) mass is 402 g/mol. The number of alkyl halides is 3. The van der Waals surface area contributed by atoms with Gasteiger partial charge in [0.25, 0.3) is 15.9 Å². The van der Waals surface area contributed by atoms with Gasteiger partial charge in [-0.15, -0.1) is 0 Å². The van der Waals surface area contributed by atoms with E-state index in [0.29, 0.717) is 12.4 Å². The second-order valence-electron chi connectivity index (χ2n) is 5.36. The van der Waals surface area contributed by atoms with Gasteiger partial charge in [-0.1, -0.05) is 12.1 Å². The number of benzene rings is 2. The van der Waals surface area contributed by atoms with Crippen LogP contribution in [0.25, 0.3) is 0 Å². The number of ether oxygens (including phenoxy) is 1. The Morgan fingerprint density at radius 3 is 2.30 bits per heavy atom. The topological polar surface area (TPSA) is 84.5 Å². The molecule has 1 amide bonds. The molecule has 2 aromatic rings. The molecule has 0 saturated carbocycles. The molecule has 27 heavy (non-hydrogen) atoms. The van der Waals surface area contributed by atoms with E-state index in [1.54, 1.807) is 30.4 Å². The molecule has 0 aliphatic heterocycles. The number of halogens is 3. The predicted molar refractivity (Wildman–Crippen MR) is 93.2 cm³/mol. The van der Waals surface area contributed by atoms with Gasteiger partial charge < -0.3 is 10.1 Å². The molecule has 0 aliphatic carbocycles. The van der Waals surface area contributed by atoms with Gasteiger partial charge in [0.15, 0.2) is 0 Å². The lowest BCUT2D eigenvalue weighted by Gasteiger charge is -2.13. The fourth-order valence-electron chi connectivity index (χ4n) is 2.10. The summed E-state index contributed by atoms with van der Waals surface area (Å²) in [6.07, 6.45) is -4.53. The van der Waals surface area contributed by atoms with Crippen LogP contribution in [0.15, 0.2) is 53.4 Å². The van der Waals surface area contributed by atoms with Crippen molar-refractivity contribution >= 4 is 21.6 Å². The molecule has 0 aromatic heterocycles. The normalized spacial score (nSPS) is 11.7. The van der Waals surface area contributed by atoms with Gasteiger partial charge in [0.2, 0.25) is 0 Å². The molecule has 0 spiro atoms. The fourth-order valence-corrected chi connectivity index (χ4v) is 3.17. The Balaban J connectivity index is 2.15. The van der Waals surface area contributed by atoms with Crippen LogP contribution in [-0.4, -0.2) is 33.7 Å². The summed E-state index contributed by atoms with van der Waals surface area (Å²) >= 11 is 0. The molecule has 0 atom stereocenters. The zero-order valence-corrected chi connectivity index (χ0v) is 15.0. The largest absolute Gasteiger partial charge is 0.492 e. The number of sulfonamides is 1. The van der Waals surface area contributed by atoms with E-state index in [4.69, 9.17) is 4.74 Å². The average Bonchev–Trinajstić information content (AvgIpc) is 2.61. The molecule has 0 unspecified atom stereocenters. The first-order valence-electron chi connectivity index (χ1n) is 7.82. The van der Waals surface area contributed by atoms with Gasteiger partial charge in [-0.2, -0.15) is 13.2 Å². The van der Waals surface area contributed by atoms with Crippen LogP contribution >= 0.6 is 0 Å². The van der Waals surface area contributed by atoms with Crippen molar-refractivity contribution in [2.75, 3.05) is 17.9 Å². The van der Waals surface area contributed by atoms with Gasteiger partial charge >= 0.3 is 6.18 Å². The van der Waals surface area contributed by atoms with Crippen LogP contribution in [0, 0.1) is 0 Å². The minimum atomic E-state index is -4.53. The molecule has 0 saturated heterocycles. The van der Waals surface area contributed by atoms with Gasteiger partial charge in [-0.25, -0.2) is 8.42 Å². The molecule has 0 aliphatic rings. The molecule has 146 valence electrons. The zero-order valence-electron chi connectivity index (χ0n) is 14.2. The SMILES string of the molecule is CCOc1ccccc1NS(=O)(=O)c1ccc(C(=O)NCC(F)(F)F)cc1. The Morgan fingerprint density at radius 2 is 1.70 bits per heavy atom. The summed E-state index contributed by atoms with van der Waals surface area (Å²) in [5, 5.41) is 1.71. The summed E-state index contributed by atoms with van der Waals surface area (Å²) in [6, 6.07) is 11.0. The maximum Gasteiger partial charge on any atom is 0.405 e. The number of hydrogen-bond acceptors (Lipinski definition) is 4. The van der Waals surface area contributed by atoms with E-state index >= 15 is 0 Å². The van der Waals surface area contributed by atoms with Crippen molar-refractivity contribution in [1.82, 2.24) is 5.32 Å². The summed E-state index contributed by atoms with van der Waals surface area (Å²) in [5.74, 6) is -0.599. The highest BCUT2D eigenvalue weighted by atomic mass is 32.2. The van der Waals surface area contributed by atoms with Crippen molar-refractivity contribution in [3.05, 3.63) is 54.1 Å². The van der Waals surface area contributed by atoms with Crippen molar-refractivity contribution < 1.29 is 31.1 Å². The fraction of sp³-hybridized carbons (Fsp3) is 0.235. The van der Waals surface area contributed by atoms with Crippen molar-refractivity contribution in [3.8, 4) is 5.75 Å². The minimum absolute atomic E-state index is 0.0899. The molecule has 2 rings (SSSR count). The maximum absolute atomic E-state index is 12.5. The number of anilines is 1. The number of nitrogens with one attached hydrogen (secondary N) is 2. The first-order valence-corrected chi connectivity index (χ1v) is 9.30. The average molecular weight is 402 g/mol. The first kappa shape index (κ1) is 20.6. The van der Waals surface area contributed by atoms with E-state index in [1.807, 2.05) is 0 Å². The van der Waals surface area contributed by atoms with Crippen molar-refractivity contribution in [2.45, 2.75) is 18.0 Å². The number of amides is 1. The van der Waals surface area contributed by atoms with E-state index in [1.165, 1.54) is 6.07 Å². The molecule has 10 heteroatoms. The molecule has 0 bridgehead atoms. The smallest absolute Gasteiger partial charge is 0.405 e. The highest BCUT2D eigenvalue weighted by Crippen LogP contribution is 2.26. The van der Waals surface area contributed by atoms with E-state index in [9.17, 15) is 26.4 Å². The van der Waals surface area contributed by atoms with Crippen LogP contribution in [0.1, 0.15) is 17.3 Å². The van der Waals surface area contributed by atoms with E-state index in [0.717, 1.165) is 24.3 Å². The van der Waals surface area contributed by atoms with E-state index in [2.05, 4.69) is 4.72 Å². The standard InChI is InChI=1S/C17H17F3N2O4S/c1-2-26-15-6-4-3-5-14(15)22-27(24,25)13-9-7-12(8-10-13)16(23)21-11-17(18,19)20/h3-10,22H,2,11H2,1H3,(H,21,23). The van der Waals surface area contributed by atoms with Crippen molar-refractivity contribution in [2.24, 2.45) is 0 Å². The highest BCUT2D eigenvalue weighted by Gasteiger charge is 2.28. The van der Waals surface area contributed by atoms with E-state index in [-0.39, 0.29) is 16.1 Å². The van der Waals surface area contributed by atoms with Gasteiger partial charge in [-0.05, 0) is 43.3 Å². The maximum atomic E-state index is 12.5. The molecule has 2 N–H and O–H groups in total. The number of rotatable bonds is 7. The lowest BCUT2D eigenvalue weighted by molar-refractivity contribution is -0.123. The van der Waals surface area contributed by atoms with Crippen LogP contribution in [0.4, 0.5) is 18.9 Å². The quantitative estimate of drug-likeness (QED) is 0.745. The molecule has 0 radical (unpaired) electrons. The Morgan fingerprint density at radius 1 is 1.07 bits per heavy atom. The molecule has 0 heterocycles. The van der Waals surface area contributed by atoms with E-state index < -0.39 is 28.7 Å². The number of hydrogen-bond donors (Lipinski definition) is 2. The summed E-state index contributed by atoms with van der Waals surface area (Å²) in [7, 11) is -3.97. The number of carbonyl (C=O) groups excluding carboxylic acids is 1. The lowest BCUT2D eigenvalue weighted by Crippen LogP contribution is -2.33. The van der Waals surface area contributed by atoms with Crippen LogP contribution in [-0.2, 0) is 10.0 Å². The van der Waals surface area contributed by atoms with Gasteiger partial charge in [0, 0.05) is 5.56 Å². The summed E-state index contributed by atoms with van der Waals surface area (Å²) in [4.78, 5) is 11.5. The third kappa shape index (κ3) is 5.88. The molecular weight excluding hydrogens is 385 g/mol. The van der Waals surface area contributed by atoms with Crippen LogP contribution in [0.5, 0.6) is 5.75 Å². The lowest BCUT2D eigenvalue weighted by atomic mass is 10.2. The van der Waals surface area contributed by atoms with Crippen molar-refractivity contribution in [1.29, 1.82) is 0 Å². The highest BCUT2D eigenvalue weighted by molar-refractivity contribution is 7.92. The summed E-state index contributed by atoms with van der Waals surface area (Å²) in [5.41, 5.74) is 0.152. The third-order valence-corrected chi connectivity index (χ3v) is 4.69. The molecule has 2 aromatic carbocycles. The Hall–Kier alpha value is -2.75. The summed E-state index contributed by atoms with van der Waals surface area (Å²) < 4.78 is 69.1. The van der Waals surface area contributed by atoms with Gasteiger partial charge in [0.05, 0.1) is 17.2 Å². The Bertz CT molecular complexity index is 897. The Labute approximate surface area is 154 Å². The third-order valence-electron chi connectivity index (χ3n) is 3.31. The van der Waals surface area contributed by atoms with Crippen molar-refractivity contribution in [3.63, 3.8) is 0 Å².